The molecular weight excluding hydrogens is 298 g/mol. The van der Waals surface area contributed by atoms with Gasteiger partial charge in [0, 0.05) is 25.9 Å². The Bertz CT molecular complexity index is 928. The van der Waals surface area contributed by atoms with Crippen LogP contribution in [0.25, 0.3) is 16.9 Å². The number of carbonyl (C=O) groups excluding carboxylic acids is 1. The van der Waals surface area contributed by atoms with Crippen LogP contribution in [0.4, 0.5) is 0 Å². The zero-order chi connectivity index (χ0) is 16.4. The fraction of sp³-hybridized carbons (Fsp3) is 0.400. The standard InChI is InChI=1S/C15H17N5O3/c1-10-7-16-15-18-13-12(14(22)20(15)8-10)17-9-19(13)5-3-4-6-23-11(2)21/h7-9H,3-6H2,1-2H3. The van der Waals surface area contributed by atoms with Crippen molar-refractivity contribution in [2.24, 2.45) is 0 Å². The molecule has 0 spiro atoms. The molecule has 120 valence electrons. The van der Waals surface area contributed by atoms with Crippen molar-refractivity contribution in [3.05, 3.63) is 34.6 Å². The molecule has 0 saturated heterocycles. The predicted molar refractivity (Wildman–Crippen MR) is 83.2 cm³/mol. The molecule has 0 fully saturated rings. The molecule has 0 bridgehead atoms. The summed E-state index contributed by atoms with van der Waals surface area (Å²) in [6.45, 7) is 4.29. The largest absolute Gasteiger partial charge is 0.466 e. The van der Waals surface area contributed by atoms with Crippen molar-refractivity contribution in [2.45, 2.75) is 33.2 Å². The van der Waals surface area contributed by atoms with Gasteiger partial charge in [-0.1, -0.05) is 0 Å². The first-order chi connectivity index (χ1) is 11.1. The highest BCUT2D eigenvalue weighted by atomic mass is 16.5. The second-order valence-corrected chi connectivity index (χ2v) is 5.38. The van der Waals surface area contributed by atoms with Crippen LogP contribution in [0, 0.1) is 6.92 Å². The van der Waals surface area contributed by atoms with E-state index in [-0.39, 0.29) is 11.5 Å². The molecule has 3 aromatic rings. The van der Waals surface area contributed by atoms with Crippen LogP contribution in [0.5, 0.6) is 0 Å². The van der Waals surface area contributed by atoms with E-state index in [1.54, 1.807) is 18.7 Å². The summed E-state index contributed by atoms with van der Waals surface area (Å²) in [4.78, 5) is 36.0. The monoisotopic (exact) mass is 315 g/mol. The number of carbonyl (C=O) groups is 1. The van der Waals surface area contributed by atoms with Gasteiger partial charge in [-0.3, -0.25) is 9.59 Å². The SMILES string of the molecule is CC(=O)OCCCCn1cnc2c(=O)n3cc(C)cnc3nc21. The number of aromatic nitrogens is 5. The van der Waals surface area contributed by atoms with Gasteiger partial charge in [0.15, 0.2) is 11.2 Å². The van der Waals surface area contributed by atoms with Gasteiger partial charge in [-0.2, -0.15) is 4.98 Å². The maximum absolute atomic E-state index is 12.5. The van der Waals surface area contributed by atoms with Crippen molar-refractivity contribution in [1.82, 2.24) is 23.9 Å². The average molecular weight is 315 g/mol. The van der Waals surface area contributed by atoms with Crippen LogP contribution in [0.1, 0.15) is 25.3 Å². The van der Waals surface area contributed by atoms with E-state index in [0.29, 0.717) is 30.1 Å². The fourth-order valence-electron chi connectivity index (χ4n) is 2.37. The first kappa shape index (κ1) is 15.1. The zero-order valence-electron chi connectivity index (χ0n) is 13.0. The maximum atomic E-state index is 12.5. The predicted octanol–water partition coefficient (Wildman–Crippen LogP) is 1.09. The molecule has 0 aliphatic carbocycles. The highest BCUT2D eigenvalue weighted by molar-refractivity contribution is 5.71. The van der Waals surface area contributed by atoms with Gasteiger partial charge in [-0.25, -0.2) is 14.4 Å². The molecule has 3 rings (SSSR count). The van der Waals surface area contributed by atoms with Crippen molar-refractivity contribution >= 4 is 22.9 Å². The molecule has 0 amide bonds. The lowest BCUT2D eigenvalue weighted by Gasteiger charge is -2.05. The Balaban J connectivity index is 1.85. The number of rotatable bonds is 5. The van der Waals surface area contributed by atoms with Crippen LogP contribution in [-0.2, 0) is 16.1 Å². The molecular formula is C15H17N5O3. The molecule has 0 aliphatic heterocycles. The van der Waals surface area contributed by atoms with Crippen LogP contribution in [0.2, 0.25) is 0 Å². The van der Waals surface area contributed by atoms with Crippen molar-refractivity contribution in [3.63, 3.8) is 0 Å². The van der Waals surface area contributed by atoms with E-state index in [2.05, 4.69) is 15.0 Å². The minimum absolute atomic E-state index is 0.222. The van der Waals surface area contributed by atoms with Crippen molar-refractivity contribution in [2.75, 3.05) is 6.61 Å². The number of hydrogen-bond acceptors (Lipinski definition) is 6. The lowest BCUT2D eigenvalue weighted by Crippen LogP contribution is -2.17. The molecule has 8 nitrogen and oxygen atoms in total. The van der Waals surface area contributed by atoms with Gasteiger partial charge in [-0.15, -0.1) is 0 Å². The summed E-state index contributed by atoms with van der Waals surface area (Å²) in [7, 11) is 0. The van der Waals surface area contributed by atoms with Gasteiger partial charge in [0.2, 0.25) is 5.78 Å². The molecule has 23 heavy (non-hydrogen) atoms. The molecule has 0 aromatic carbocycles. The summed E-state index contributed by atoms with van der Waals surface area (Å²) < 4.78 is 8.13. The number of hydrogen-bond donors (Lipinski definition) is 0. The number of imidazole rings is 1. The summed E-state index contributed by atoms with van der Waals surface area (Å²) in [6.07, 6.45) is 6.52. The molecule has 0 aliphatic rings. The third-order valence-electron chi connectivity index (χ3n) is 3.47. The fourth-order valence-corrected chi connectivity index (χ4v) is 2.37. The molecule has 8 heteroatoms. The average Bonchev–Trinajstić information content (AvgIpc) is 2.91. The number of ether oxygens (including phenoxy) is 1. The first-order valence-corrected chi connectivity index (χ1v) is 7.39. The number of unbranched alkanes of at least 4 members (excludes halogenated alkanes) is 1. The van der Waals surface area contributed by atoms with E-state index in [9.17, 15) is 9.59 Å². The smallest absolute Gasteiger partial charge is 0.302 e. The summed E-state index contributed by atoms with van der Waals surface area (Å²) in [5, 5.41) is 0. The van der Waals surface area contributed by atoms with Gasteiger partial charge in [0.25, 0.3) is 5.56 Å². The summed E-state index contributed by atoms with van der Waals surface area (Å²) in [5.74, 6) is 0.0790. The Morgan fingerprint density at radius 2 is 2.13 bits per heavy atom. The molecule has 0 saturated carbocycles. The van der Waals surface area contributed by atoms with E-state index in [1.165, 1.54) is 11.3 Å². The van der Waals surface area contributed by atoms with Crippen LogP contribution in [0.15, 0.2) is 23.5 Å². The molecule has 0 unspecified atom stereocenters. The van der Waals surface area contributed by atoms with Crippen LogP contribution < -0.4 is 5.56 Å². The van der Waals surface area contributed by atoms with Crippen molar-refractivity contribution in [1.29, 1.82) is 0 Å². The van der Waals surface area contributed by atoms with Crippen molar-refractivity contribution in [3.8, 4) is 0 Å². The third kappa shape index (κ3) is 3.05. The normalized spacial score (nSPS) is 11.2. The van der Waals surface area contributed by atoms with Gasteiger partial charge < -0.3 is 9.30 Å². The maximum Gasteiger partial charge on any atom is 0.302 e. The second kappa shape index (κ2) is 6.15. The van der Waals surface area contributed by atoms with E-state index < -0.39 is 0 Å². The van der Waals surface area contributed by atoms with E-state index in [1.807, 2.05) is 11.5 Å². The van der Waals surface area contributed by atoms with Gasteiger partial charge in [-0.05, 0) is 25.3 Å². The molecule has 0 atom stereocenters. The Kier molecular flexibility index (Phi) is 4.05. The van der Waals surface area contributed by atoms with Crippen LogP contribution >= 0.6 is 0 Å². The van der Waals surface area contributed by atoms with Crippen LogP contribution in [-0.4, -0.2) is 36.5 Å². The summed E-state index contributed by atoms with van der Waals surface area (Å²) >= 11 is 0. The number of aryl methyl sites for hydroxylation is 2. The van der Waals surface area contributed by atoms with Crippen molar-refractivity contribution < 1.29 is 9.53 Å². The lowest BCUT2D eigenvalue weighted by atomic mass is 10.3. The molecule has 3 heterocycles. The lowest BCUT2D eigenvalue weighted by molar-refractivity contribution is -0.141. The van der Waals surface area contributed by atoms with Crippen LogP contribution in [0.3, 0.4) is 0 Å². The number of esters is 1. The highest BCUT2D eigenvalue weighted by Crippen LogP contribution is 2.09. The second-order valence-electron chi connectivity index (χ2n) is 5.38. The molecule has 3 aromatic heterocycles. The Hall–Kier alpha value is -2.77. The third-order valence-corrected chi connectivity index (χ3v) is 3.47. The van der Waals surface area contributed by atoms with E-state index >= 15 is 0 Å². The minimum atomic E-state index is -0.277. The summed E-state index contributed by atoms with van der Waals surface area (Å²) in [6, 6.07) is 0. The number of nitrogens with zero attached hydrogens (tertiary/aromatic N) is 5. The quantitative estimate of drug-likeness (QED) is 0.517. The van der Waals surface area contributed by atoms with Gasteiger partial charge in [0.1, 0.15) is 0 Å². The van der Waals surface area contributed by atoms with E-state index in [0.717, 1.165) is 18.4 Å². The Morgan fingerprint density at radius 3 is 2.91 bits per heavy atom. The van der Waals surface area contributed by atoms with E-state index in [4.69, 9.17) is 4.74 Å². The summed E-state index contributed by atoms with van der Waals surface area (Å²) in [5.41, 5.74) is 1.51. The Labute approximate surface area is 131 Å². The Morgan fingerprint density at radius 1 is 1.30 bits per heavy atom. The highest BCUT2D eigenvalue weighted by Gasteiger charge is 2.12. The first-order valence-electron chi connectivity index (χ1n) is 7.39. The van der Waals surface area contributed by atoms with Gasteiger partial charge >= 0.3 is 5.97 Å². The molecule has 0 radical (unpaired) electrons. The molecule has 0 N–H and O–H groups in total. The number of fused-ring (bicyclic) bond motifs is 2. The zero-order valence-corrected chi connectivity index (χ0v) is 13.0. The topological polar surface area (TPSA) is 91.4 Å². The minimum Gasteiger partial charge on any atom is -0.466 e. The van der Waals surface area contributed by atoms with Gasteiger partial charge in [0.05, 0.1) is 12.9 Å².